The zero-order chi connectivity index (χ0) is 28.5. The van der Waals surface area contributed by atoms with Crippen LogP contribution in [0.5, 0.6) is 0 Å². The highest BCUT2D eigenvalue weighted by Crippen LogP contribution is 2.48. The number of alkyl halides is 2. The van der Waals surface area contributed by atoms with Crippen LogP contribution in [0.2, 0.25) is 0 Å². The molecule has 1 heterocycles. The molecule has 0 aromatic rings. The van der Waals surface area contributed by atoms with Crippen LogP contribution >= 0.6 is 0 Å². The highest BCUT2D eigenvalue weighted by atomic mass is 19.3. The van der Waals surface area contributed by atoms with Gasteiger partial charge in [-0.1, -0.05) is 33.6 Å². The minimum atomic E-state index is -3.11. The van der Waals surface area contributed by atoms with E-state index in [9.17, 15) is 37.9 Å². The second kappa shape index (κ2) is 11.1. The third-order valence-electron chi connectivity index (χ3n) is 7.78. The van der Waals surface area contributed by atoms with E-state index in [1.54, 1.807) is 20.8 Å². The maximum absolute atomic E-state index is 13.7. The lowest BCUT2D eigenvalue weighted by Gasteiger charge is -2.35. The van der Waals surface area contributed by atoms with Gasteiger partial charge in [-0.25, -0.2) is 13.6 Å². The molecule has 3 fully saturated rings. The van der Waals surface area contributed by atoms with Crippen molar-refractivity contribution in [3.05, 3.63) is 0 Å². The Morgan fingerprint density at radius 1 is 1.03 bits per heavy atom. The topological polar surface area (TPSA) is 145 Å². The number of nitrogens with one attached hydrogen (secondary N) is 3. The summed E-state index contributed by atoms with van der Waals surface area (Å²) in [6, 6.07) is -3.76. The molecule has 0 bridgehead atoms. The van der Waals surface area contributed by atoms with E-state index in [0.717, 1.165) is 38.5 Å². The van der Waals surface area contributed by atoms with Crippen molar-refractivity contribution in [1.82, 2.24) is 20.9 Å². The molecule has 0 aromatic heterocycles. The molecule has 2 saturated carbocycles. The summed E-state index contributed by atoms with van der Waals surface area (Å²) in [5.74, 6) is -6.30. The smallest absolute Gasteiger partial charge is 0.405 e. The Balaban J connectivity index is 1.84. The van der Waals surface area contributed by atoms with Gasteiger partial charge in [0.2, 0.25) is 23.5 Å². The number of nitrogens with zero attached hydrogens (tertiary/aromatic N) is 1. The fraction of sp³-hybridized carbons (Fsp3) is 0.808. The molecule has 10 nitrogen and oxygen atoms in total. The average molecular weight is 543 g/mol. The number of carbonyl (C=O) groups excluding carboxylic acids is 4. The van der Waals surface area contributed by atoms with Crippen LogP contribution in [-0.4, -0.2) is 76.2 Å². The first-order chi connectivity index (χ1) is 17.5. The zero-order valence-corrected chi connectivity index (χ0v) is 22.6. The maximum atomic E-state index is 13.7. The SMILES string of the molecule is CC(F)(F)CC[C@H](NC(=O)[C@@H]1CC2(CCCC2)CN1C(=O)[C@@H](NC(=O)O)C(C)(C)C)C(=O)C(=O)NC1CC1. The summed E-state index contributed by atoms with van der Waals surface area (Å²) in [5.41, 5.74) is -1.11. The highest BCUT2D eigenvalue weighted by Gasteiger charge is 2.52. The van der Waals surface area contributed by atoms with Gasteiger partial charge in [0.25, 0.3) is 5.91 Å². The lowest BCUT2D eigenvalue weighted by molar-refractivity contribution is -0.144. The van der Waals surface area contributed by atoms with Crippen molar-refractivity contribution in [2.24, 2.45) is 10.8 Å². The normalized spacial score (nSPS) is 22.6. The molecule has 4 amide bonds. The Labute approximate surface area is 221 Å². The van der Waals surface area contributed by atoms with Gasteiger partial charge in [0, 0.05) is 19.0 Å². The first kappa shape index (κ1) is 29.8. The van der Waals surface area contributed by atoms with Crippen LogP contribution in [0.15, 0.2) is 0 Å². The number of carbonyl (C=O) groups is 5. The predicted molar refractivity (Wildman–Crippen MR) is 133 cm³/mol. The van der Waals surface area contributed by atoms with Crippen molar-refractivity contribution in [2.45, 2.75) is 116 Å². The van der Waals surface area contributed by atoms with Gasteiger partial charge in [-0.05, 0) is 56.3 Å². The Kier molecular flexibility index (Phi) is 8.72. The fourth-order valence-electron chi connectivity index (χ4n) is 5.52. The molecule has 1 aliphatic heterocycles. The number of carboxylic acid groups (broad SMARTS) is 1. The van der Waals surface area contributed by atoms with Gasteiger partial charge in [0.15, 0.2) is 0 Å². The number of rotatable bonds is 10. The minimum absolute atomic E-state index is 0.128. The van der Waals surface area contributed by atoms with E-state index in [1.165, 1.54) is 4.90 Å². The number of hydrogen-bond acceptors (Lipinski definition) is 5. The highest BCUT2D eigenvalue weighted by molar-refractivity contribution is 6.38. The van der Waals surface area contributed by atoms with Crippen molar-refractivity contribution in [3.8, 4) is 0 Å². The molecule has 3 rings (SSSR count). The Hall–Kier alpha value is -2.79. The molecule has 1 spiro atoms. The summed E-state index contributed by atoms with van der Waals surface area (Å²) < 4.78 is 27.3. The van der Waals surface area contributed by atoms with Crippen molar-refractivity contribution in [3.63, 3.8) is 0 Å². The maximum Gasteiger partial charge on any atom is 0.405 e. The lowest BCUT2D eigenvalue weighted by Crippen LogP contribution is -2.59. The molecule has 3 aliphatic rings. The lowest BCUT2D eigenvalue weighted by atomic mass is 9.83. The molecular weight excluding hydrogens is 502 g/mol. The molecule has 2 aliphatic carbocycles. The number of amides is 4. The van der Waals surface area contributed by atoms with Gasteiger partial charge in [-0.2, -0.15) is 0 Å². The molecule has 0 radical (unpaired) electrons. The average Bonchev–Trinajstić information content (AvgIpc) is 3.36. The summed E-state index contributed by atoms with van der Waals surface area (Å²) in [6.45, 7) is 6.08. The molecule has 3 atom stereocenters. The van der Waals surface area contributed by atoms with E-state index >= 15 is 0 Å². The van der Waals surface area contributed by atoms with Crippen LogP contribution in [0.1, 0.15) is 85.5 Å². The van der Waals surface area contributed by atoms with E-state index in [2.05, 4.69) is 16.0 Å². The molecule has 38 heavy (non-hydrogen) atoms. The molecule has 4 N–H and O–H groups in total. The summed E-state index contributed by atoms with van der Waals surface area (Å²) in [6.07, 6.45) is 2.68. The second-order valence-corrected chi connectivity index (χ2v) is 12.4. The van der Waals surface area contributed by atoms with Gasteiger partial charge < -0.3 is 26.0 Å². The van der Waals surface area contributed by atoms with Gasteiger partial charge in [0.05, 0.1) is 6.04 Å². The predicted octanol–water partition coefficient (Wildman–Crippen LogP) is 2.60. The van der Waals surface area contributed by atoms with Crippen molar-refractivity contribution >= 4 is 29.6 Å². The van der Waals surface area contributed by atoms with E-state index in [4.69, 9.17) is 0 Å². The Bertz CT molecular complexity index is 950. The van der Waals surface area contributed by atoms with Gasteiger partial charge in [0.1, 0.15) is 12.1 Å². The van der Waals surface area contributed by atoms with Crippen LogP contribution in [0.3, 0.4) is 0 Å². The number of likely N-dealkylation sites (tertiary alicyclic amines) is 1. The van der Waals surface area contributed by atoms with Gasteiger partial charge in [-0.15, -0.1) is 0 Å². The molecule has 0 aromatic carbocycles. The Morgan fingerprint density at radius 2 is 1.63 bits per heavy atom. The zero-order valence-electron chi connectivity index (χ0n) is 22.6. The third-order valence-corrected chi connectivity index (χ3v) is 7.78. The summed E-state index contributed by atoms with van der Waals surface area (Å²) in [4.78, 5) is 65.4. The number of Topliss-reactive ketones (excluding diaryl/α,β-unsaturated/α-hetero) is 1. The quantitative estimate of drug-likeness (QED) is 0.312. The van der Waals surface area contributed by atoms with Crippen LogP contribution in [0, 0.1) is 10.8 Å². The second-order valence-electron chi connectivity index (χ2n) is 12.4. The Morgan fingerprint density at radius 3 is 2.13 bits per heavy atom. The van der Waals surface area contributed by atoms with Crippen molar-refractivity contribution < 1.29 is 37.9 Å². The van der Waals surface area contributed by atoms with Crippen molar-refractivity contribution in [2.75, 3.05) is 6.54 Å². The van der Waals surface area contributed by atoms with Crippen LogP contribution in [0.25, 0.3) is 0 Å². The van der Waals surface area contributed by atoms with Crippen LogP contribution in [0.4, 0.5) is 13.6 Å². The molecule has 1 saturated heterocycles. The monoisotopic (exact) mass is 542 g/mol. The molecule has 12 heteroatoms. The minimum Gasteiger partial charge on any atom is -0.465 e. The first-order valence-corrected chi connectivity index (χ1v) is 13.3. The summed E-state index contributed by atoms with van der Waals surface area (Å²) in [7, 11) is 0. The van der Waals surface area contributed by atoms with E-state index in [-0.39, 0.29) is 18.0 Å². The molecular formula is C26H40F2N4O6. The van der Waals surface area contributed by atoms with E-state index in [0.29, 0.717) is 13.3 Å². The third kappa shape index (κ3) is 7.63. The number of hydrogen-bond donors (Lipinski definition) is 4. The summed E-state index contributed by atoms with van der Waals surface area (Å²) >= 11 is 0. The van der Waals surface area contributed by atoms with E-state index in [1.807, 2.05) is 0 Å². The number of ketones is 1. The largest absolute Gasteiger partial charge is 0.465 e. The van der Waals surface area contributed by atoms with Gasteiger partial charge in [-0.3, -0.25) is 19.2 Å². The van der Waals surface area contributed by atoms with E-state index < -0.39 is 71.9 Å². The van der Waals surface area contributed by atoms with Crippen LogP contribution < -0.4 is 16.0 Å². The molecule has 0 unspecified atom stereocenters. The fourth-order valence-corrected chi connectivity index (χ4v) is 5.52. The molecule has 214 valence electrons. The van der Waals surface area contributed by atoms with Gasteiger partial charge >= 0.3 is 6.09 Å². The van der Waals surface area contributed by atoms with Crippen LogP contribution in [-0.2, 0) is 19.2 Å². The standard InChI is InChI=1S/C26H40F2N4O6/c1-24(2,3)19(31-23(37)38)22(36)32-14-26(10-5-6-11-26)13-17(32)20(34)30-16(9-12-25(4,27)28)18(33)21(35)29-15-7-8-15/h15-17,19,31H,5-14H2,1-4H3,(H,29,35)(H,30,34)(H,37,38)/t16-,17-,19+/m0/s1. The van der Waals surface area contributed by atoms with Crippen molar-refractivity contribution in [1.29, 1.82) is 0 Å². The summed E-state index contributed by atoms with van der Waals surface area (Å²) in [5, 5.41) is 16.7. The first-order valence-electron chi connectivity index (χ1n) is 13.3. The number of halogens is 2.